The summed E-state index contributed by atoms with van der Waals surface area (Å²) >= 11 is 0. The van der Waals surface area contributed by atoms with Gasteiger partial charge in [-0.3, -0.25) is 9.59 Å². The summed E-state index contributed by atoms with van der Waals surface area (Å²) in [7, 11) is 0. The van der Waals surface area contributed by atoms with E-state index in [1.54, 1.807) is 18.2 Å². The Labute approximate surface area is 140 Å². The van der Waals surface area contributed by atoms with Crippen LogP contribution in [0.2, 0.25) is 0 Å². The van der Waals surface area contributed by atoms with E-state index in [9.17, 15) is 14.0 Å². The van der Waals surface area contributed by atoms with Gasteiger partial charge in [0, 0.05) is 30.2 Å². The number of carboxylic acids is 1. The third-order valence-electron chi connectivity index (χ3n) is 4.01. The SMILES string of the molecule is CCN(CCC(=O)O)C(=O)c1cc(C)n(-c2ccc(F)cc2)c1C. The molecule has 0 bridgehead atoms. The van der Waals surface area contributed by atoms with Gasteiger partial charge in [0.25, 0.3) is 5.91 Å². The van der Waals surface area contributed by atoms with E-state index in [0.29, 0.717) is 12.1 Å². The topological polar surface area (TPSA) is 62.5 Å². The molecular formula is C18H21FN2O3. The van der Waals surface area contributed by atoms with Gasteiger partial charge in [0.15, 0.2) is 0 Å². The molecule has 0 aliphatic heterocycles. The highest BCUT2D eigenvalue weighted by Gasteiger charge is 2.21. The molecule has 0 unspecified atom stereocenters. The Morgan fingerprint density at radius 3 is 2.38 bits per heavy atom. The van der Waals surface area contributed by atoms with Crippen molar-refractivity contribution in [3.05, 3.63) is 53.1 Å². The Hall–Kier alpha value is -2.63. The van der Waals surface area contributed by atoms with E-state index in [0.717, 1.165) is 17.1 Å². The summed E-state index contributed by atoms with van der Waals surface area (Å²) in [4.78, 5) is 25.0. The zero-order valence-electron chi connectivity index (χ0n) is 14.0. The van der Waals surface area contributed by atoms with Crippen LogP contribution in [0.25, 0.3) is 5.69 Å². The summed E-state index contributed by atoms with van der Waals surface area (Å²) in [6.07, 6.45) is -0.0870. The second-order valence-electron chi connectivity index (χ2n) is 5.63. The predicted octanol–water partition coefficient (Wildman–Crippen LogP) is 3.17. The van der Waals surface area contributed by atoms with Gasteiger partial charge < -0.3 is 14.6 Å². The number of carbonyl (C=O) groups excluding carboxylic acids is 1. The summed E-state index contributed by atoms with van der Waals surface area (Å²) in [5, 5.41) is 8.81. The van der Waals surface area contributed by atoms with Crippen molar-refractivity contribution in [2.75, 3.05) is 13.1 Å². The number of hydrogen-bond acceptors (Lipinski definition) is 2. The summed E-state index contributed by atoms with van der Waals surface area (Å²) in [6.45, 7) is 6.13. The number of rotatable bonds is 6. The molecule has 1 aromatic heterocycles. The number of carbonyl (C=O) groups is 2. The van der Waals surface area contributed by atoms with Gasteiger partial charge >= 0.3 is 5.97 Å². The average Bonchev–Trinajstić information content (AvgIpc) is 2.83. The van der Waals surface area contributed by atoms with Crippen LogP contribution in [0.4, 0.5) is 4.39 Å². The van der Waals surface area contributed by atoms with Crippen molar-refractivity contribution < 1.29 is 19.1 Å². The van der Waals surface area contributed by atoms with Crippen LogP contribution < -0.4 is 0 Å². The first-order valence-corrected chi connectivity index (χ1v) is 7.81. The van der Waals surface area contributed by atoms with Gasteiger partial charge in [-0.15, -0.1) is 0 Å². The lowest BCUT2D eigenvalue weighted by molar-refractivity contribution is -0.137. The minimum Gasteiger partial charge on any atom is -0.481 e. The molecule has 128 valence electrons. The van der Waals surface area contributed by atoms with Gasteiger partial charge in [-0.05, 0) is 51.1 Å². The molecule has 0 aliphatic carbocycles. The van der Waals surface area contributed by atoms with E-state index in [4.69, 9.17) is 5.11 Å². The fourth-order valence-corrected chi connectivity index (χ4v) is 2.77. The third kappa shape index (κ3) is 3.64. The molecule has 0 aliphatic rings. The van der Waals surface area contributed by atoms with Crippen LogP contribution >= 0.6 is 0 Å². The van der Waals surface area contributed by atoms with Gasteiger partial charge in [-0.25, -0.2) is 4.39 Å². The number of halogens is 1. The lowest BCUT2D eigenvalue weighted by Crippen LogP contribution is -2.33. The van der Waals surface area contributed by atoms with Crippen molar-refractivity contribution in [2.24, 2.45) is 0 Å². The summed E-state index contributed by atoms with van der Waals surface area (Å²) in [5.41, 5.74) is 2.91. The van der Waals surface area contributed by atoms with Crippen molar-refractivity contribution in [3.63, 3.8) is 0 Å². The van der Waals surface area contributed by atoms with E-state index in [2.05, 4.69) is 0 Å². The molecule has 5 nitrogen and oxygen atoms in total. The van der Waals surface area contributed by atoms with Crippen LogP contribution in [0.5, 0.6) is 0 Å². The largest absolute Gasteiger partial charge is 0.481 e. The number of aryl methyl sites for hydroxylation is 1. The van der Waals surface area contributed by atoms with E-state index in [-0.39, 0.29) is 24.7 Å². The van der Waals surface area contributed by atoms with Crippen molar-refractivity contribution in [1.82, 2.24) is 9.47 Å². The van der Waals surface area contributed by atoms with Gasteiger partial charge in [0.05, 0.1) is 12.0 Å². The average molecular weight is 332 g/mol. The number of carboxylic acid groups (broad SMARTS) is 1. The third-order valence-corrected chi connectivity index (χ3v) is 4.01. The molecule has 1 aromatic carbocycles. The first kappa shape index (κ1) is 17.7. The van der Waals surface area contributed by atoms with Gasteiger partial charge in [0.1, 0.15) is 5.82 Å². The predicted molar refractivity (Wildman–Crippen MR) is 89.0 cm³/mol. The highest BCUT2D eigenvalue weighted by atomic mass is 19.1. The smallest absolute Gasteiger partial charge is 0.305 e. The van der Waals surface area contributed by atoms with E-state index < -0.39 is 5.97 Å². The fraction of sp³-hybridized carbons (Fsp3) is 0.333. The Bertz CT molecular complexity index is 750. The number of amides is 1. The first-order chi connectivity index (χ1) is 11.3. The minimum atomic E-state index is -0.932. The van der Waals surface area contributed by atoms with Crippen LogP contribution in [0.3, 0.4) is 0 Å². The Balaban J connectivity index is 2.34. The number of hydrogen-bond donors (Lipinski definition) is 1. The second-order valence-corrected chi connectivity index (χ2v) is 5.63. The molecular weight excluding hydrogens is 311 g/mol. The van der Waals surface area contributed by atoms with Gasteiger partial charge in [0.2, 0.25) is 0 Å². The zero-order valence-corrected chi connectivity index (χ0v) is 14.0. The van der Waals surface area contributed by atoms with Crippen molar-refractivity contribution in [1.29, 1.82) is 0 Å². The number of aromatic nitrogens is 1. The van der Waals surface area contributed by atoms with Crippen LogP contribution in [0.1, 0.15) is 35.1 Å². The lowest BCUT2D eigenvalue weighted by Gasteiger charge is -2.20. The van der Waals surface area contributed by atoms with Crippen LogP contribution in [-0.4, -0.2) is 39.5 Å². The summed E-state index contributed by atoms with van der Waals surface area (Å²) < 4.78 is 15.0. The normalized spacial score (nSPS) is 10.7. The van der Waals surface area contributed by atoms with Crippen LogP contribution in [-0.2, 0) is 4.79 Å². The maximum atomic E-state index is 13.1. The second kappa shape index (κ2) is 7.29. The molecule has 2 aromatic rings. The van der Waals surface area contributed by atoms with Crippen LogP contribution in [0.15, 0.2) is 30.3 Å². The van der Waals surface area contributed by atoms with Crippen molar-refractivity contribution in [3.8, 4) is 5.69 Å². The lowest BCUT2D eigenvalue weighted by atomic mass is 10.2. The maximum Gasteiger partial charge on any atom is 0.305 e. The molecule has 1 heterocycles. The summed E-state index contributed by atoms with van der Waals surface area (Å²) in [6, 6.07) is 7.85. The monoisotopic (exact) mass is 332 g/mol. The Kier molecular flexibility index (Phi) is 5.39. The molecule has 6 heteroatoms. The zero-order chi connectivity index (χ0) is 17.9. The number of aliphatic carboxylic acids is 1. The highest BCUT2D eigenvalue weighted by Crippen LogP contribution is 2.22. The molecule has 1 amide bonds. The fourth-order valence-electron chi connectivity index (χ4n) is 2.77. The quantitative estimate of drug-likeness (QED) is 0.884. The van der Waals surface area contributed by atoms with Crippen molar-refractivity contribution >= 4 is 11.9 Å². The van der Waals surface area contributed by atoms with Crippen LogP contribution in [0, 0.1) is 19.7 Å². The molecule has 0 saturated carbocycles. The molecule has 0 spiro atoms. The first-order valence-electron chi connectivity index (χ1n) is 7.81. The van der Waals surface area contributed by atoms with E-state index >= 15 is 0 Å². The highest BCUT2D eigenvalue weighted by molar-refractivity contribution is 5.96. The molecule has 0 radical (unpaired) electrons. The Morgan fingerprint density at radius 1 is 1.21 bits per heavy atom. The standard InChI is InChI=1S/C18H21FN2O3/c1-4-20(10-9-17(22)23)18(24)16-11-12(2)21(13(16)3)15-7-5-14(19)6-8-15/h5-8,11H,4,9-10H2,1-3H3,(H,22,23). The Morgan fingerprint density at radius 2 is 1.83 bits per heavy atom. The van der Waals surface area contributed by atoms with Gasteiger partial charge in [-0.2, -0.15) is 0 Å². The molecule has 1 N–H and O–H groups in total. The molecule has 2 rings (SSSR count). The molecule has 24 heavy (non-hydrogen) atoms. The maximum absolute atomic E-state index is 13.1. The molecule has 0 atom stereocenters. The minimum absolute atomic E-state index is 0.0870. The number of nitrogens with zero attached hydrogens (tertiary/aromatic N) is 2. The van der Waals surface area contributed by atoms with E-state index in [1.165, 1.54) is 17.0 Å². The van der Waals surface area contributed by atoms with Gasteiger partial charge in [-0.1, -0.05) is 0 Å². The molecule has 0 saturated heterocycles. The number of benzene rings is 1. The van der Waals surface area contributed by atoms with Crippen molar-refractivity contribution in [2.45, 2.75) is 27.2 Å². The van der Waals surface area contributed by atoms with E-state index in [1.807, 2.05) is 25.3 Å². The summed E-state index contributed by atoms with van der Waals surface area (Å²) in [5.74, 6) is -1.44. The molecule has 0 fully saturated rings.